The number of methoxy groups -OCH3 is 1. The summed E-state index contributed by atoms with van der Waals surface area (Å²) in [5.74, 6) is 0.590. The van der Waals surface area contributed by atoms with Crippen molar-refractivity contribution in [2.45, 2.75) is 58.2 Å². The summed E-state index contributed by atoms with van der Waals surface area (Å²) in [6.45, 7) is 7.80. The molecular weight excluding hydrogens is 511 g/mol. The van der Waals surface area contributed by atoms with E-state index in [4.69, 9.17) is 4.74 Å². The van der Waals surface area contributed by atoms with Crippen LogP contribution in [0.4, 0.5) is 8.78 Å². The zero-order valence-corrected chi connectivity index (χ0v) is 23.5. The third-order valence-electron chi connectivity index (χ3n) is 7.63. The lowest BCUT2D eigenvalue weighted by Gasteiger charge is -2.35. The van der Waals surface area contributed by atoms with Crippen molar-refractivity contribution in [2.24, 2.45) is 5.92 Å². The summed E-state index contributed by atoms with van der Waals surface area (Å²) in [5, 5.41) is 7.46. The molecule has 0 aliphatic carbocycles. The number of carbonyl (C=O) groups is 1. The van der Waals surface area contributed by atoms with Crippen LogP contribution in [0.15, 0.2) is 29.2 Å². The number of carbonyl (C=O) groups excluding carboxylic acids is 1. The molecule has 2 N–H and O–H groups in total. The van der Waals surface area contributed by atoms with E-state index in [1.165, 1.54) is 7.11 Å². The molecule has 3 aromatic rings. The number of aromatic amines is 1. The van der Waals surface area contributed by atoms with Crippen molar-refractivity contribution in [2.75, 3.05) is 26.7 Å². The molecule has 206 valence electrons. The number of hydrogen-bond acceptors (Lipinski definition) is 5. The normalized spacial score (nSPS) is 16.1. The molecule has 1 aliphatic rings. The molecule has 0 saturated carbocycles. The van der Waals surface area contributed by atoms with Crippen LogP contribution in [0.25, 0.3) is 5.52 Å². The number of rotatable bonds is 9. The lowest BCUT2D eigenvalue weighted by molar-refractivity contribution is 0.0689. The Hall–Kier alpha value is -2.84. The quantitative estimate of drug-likeness (QED) is 0.391. The van der Waals surface area contributed by atoms with E-state index in [1.807, 2.05) is 17.5 Å². The van der Waals surface area contributed by atoms with Crippen LogP contribution in [0.5, 0.6) is 5.75 Å². The second-order valence-electron chi connectivity index (χ2n) is 10.2. The van der Waals surface area contributed by atoms with Gasteiger partial charge in [0.15, 0.2) is 0 Å². The van der Waals surface area contributed by atoms with E-state index in [9.17, 15) is 18.4 Å². The first-order valence-corrected chi connectivity index (χ1v) is 13.5. The van der Waals surface area contributed by atoms with Crippen LogP contribution in [0.1, 0.15) is 65.0 Å². The summed E-state index contributed by atoms with van der Waals surface area (Å²) in [7, 11) is 3.11. The lowest BCUT2D eigenvalue weighted by atomic mass is 9.82. The van der Waals surface area contributed by atoms with Crippen molar-refractivity contribution in [3.8, 4) is 5.75 Å². The highest BCUT2D eigenvalue weighted by molar-refractivity contribution is 7.18. The molecule has 4 heterocycles. The van der Waals surface area contributed by atoms with Gasteiger partial charge in [-0.2, -0.15) is 5.10 Å². The number of halogens is 2. The summed E-state index contributed by atoms with van der Waals surface area (Å²) >= 11 is 0. The van der Waals surface area contributed by atoms with Crippen LogP contribution in [0.3, 0.4) is 0 Å². The summed E-state index contributed by atoms with van der Waals surface area (Å²) in [5.41, 5.74) is 1.06. The number of fused-ring (bicyclic) bond motifs is 1. The van der Waals surface area contributed by atoms with Crippen LogP contribution in [-0.4, -0.2) is 57.8 Å². The zero-order chi connectivity index (χ0) is 27.6. The summed E-state index contributed by atoms with van der Waals surface area (Å²) in [4.78, 5) is 30.8. The predicted octanol–water partition coefficient (Wildman–Crippen LogP) is 4.25. The smallest absolute Gasteiger partial charge is 0.260 e. The first kappa shape index (κ1) is 28.2. The number of hydrogen-bond donors (Lipinski definition) is 2. The number of alkyl halides is 2. The molecule has 1 saturated heterocycles. The third kappa shape index (κ3) is 6.07. The van der Waals surface area contributed by atoms with Crippen molar-refractivity contribution in [1.82, 2.24) is 24.8 Å². The minimum Gasteiger partial charge on any atom is -0.496 e. The minimum atomic E-state index is -2.73. The summed E-state index contributed by atoms with van der Waals surface area (Å²) in [6.07, 6.45) is 3.32. The van der Waals surface area contributed by atoms with Crippen LogP contribution in [0, 0.1) is 19.8 Å². The summed E-state index contributed by atoms with van der Waals surface area (Å²) < 4.78 is 33.7. The van der Waals surface area contributed by atoms with Gasteiger partial charge >= 0.3 is 0 Å². The maximum atomic E-state index is 13.5. The molecule has 4 rings (SSSR count). The molecule has 1 unspecified atom stereocenters. The van der Waals surface area contributed by atoms with Crippen molar-refractivity contribution in [3.63, 3.8) is 0 Å². The first-order chi connectivity index (χ1) is 18.0. The van der Waals surface area contributed by atoms with E-state index in [-0.39, 0.29) is 30.3 Å². The van der Waals surface area contributed by atoms with Gasteiger partial charge in [0, 0.05) is 36.5 Å². The lowest BCUT2D eigenvalue weighted by Crippen LogP contribution is -2.37. The molecule has 1 fully saturated rings. The molecule has 0 radical (unpaired) electrons. The van der Waals surface area contributed by atoms with Gasteiger partial charge in [-0.1, -0.05) is 16.2 Å². The number of pyridine rings is 1. The van der Waals surface area contributed by atoms with Gasteiger partial charge in [-0.3, -0.25) is 9.59 Å². The number of amides is 1. The molecule has 0 spiro atoms. The van der Waals surface area contributed by atoms with E-state index < -0.39 is 5.66 Å². The van der Waals surface area contributed by atoms with E-state index >= 15 is 0 Å². The van der Waals surface area contributed by atoms with Crippen LogP contribution in [0.2, 0.25) is 0 Å². The number of aryl methyl sites for hydroxylation is 1. The van der Waals surface area contributed by atoms with E-state index in [0.717, 1.165) is 37.2 Å². The number of ether oxygens (including phenoxy) is 1. The highest BCUT2D eigenvalue weighted by atomic mass is 31.0. The number of H-pyrrole nitrogens is 1. The highest BCUT2D eigenvalue weighted by Crippen LogP contribution is 2.37. The number of nitrogens with zero attached hydrogens (tertiary/aromatic N) is 3. The van der Waals surface area contributed by atoms with E-state index in [1.54, 1.807) is 34.5 Å². The van der Waals surface area contributed by atoms with Gasteiger partial charge in [0.05, 0.1) is 30.3 Å². The Labute approximate surface area is 223 Å². The number of aromatic nitrogens is 3. The fraction of sp³-hybridized carbons (Fsp3) is 0.519. The highest BCUT2D eigenvalue weighted by Gasteiger charge is 2.32. The standard InChI is InChI=1S/C27H36F2N5O3P/c1-16-14-22(37-4)20(25(35)32-16)15-30-26(36)23-18(3)24(34-21(23)6-5-10-31-34)17(2)19-7-11-33(12-8-19)13-9-27(28,29)38/h5-6,10,14,17,19H,7-9,11-13,15,38H2,1-4H3,(H,30,36)(H,32,35)/t17-/m0/s1. The molecular formula is C27H36F2N5O3P. The van der Waals surface area contributed by atoms with Crippen LogP contribution in [-0.2, 0) is 6.54 Å². The Morgan fingerprint density at radius 1 is 1.34 bits per heavy atom. The fourth-order valence-corrected chi connectivity index (χ4v) is 5.68. The Balaban J connectivity index is 1.54. The average molecular weight is 548 g/mol. The number of likely N-dealkylation sites (tertiary alicyclic amines) is 1. The Bertz CT molecular complexity index is 1360. The molecule has 1 amide bonds. The van der Waals surface area contributed by atoms with Gasteiger partial charge in [0.2, 0.25) is 0 Å². The molecule has 2 atom stereocenters. The number of piperidine rings is 1. The van der Waals surface area contributed by atoms with Crippen molar-refractivity contribution >= 4 is 20.7 Å². The third-order valence-corrected chi connectivity index (χ3v) is 7.92. The maximum absolute atomic E-state index is 13.5. The van der Waals surface area contributed by atoms with E-state index in [2.05, 4.69) is 27.2 Å². The molecule has 3 aromatic heterocycles. The monoisotopic (exact) mass is 547 g/mol. The van der Waals surface area contributed by atoms with Gasteiger partial charge in [-0.25, -0.2) is 13.3 Å². The topological polar surface area (TPSA) is 91.7 Å². The van der Waals surface area contributed by atoms with Gasteiger partial charge in [0.25, 0.3) is 17.1 Å². The zero-order valence-electron chi connectivity index (χ0n) is 22.3. The minimum absolute atomic E-state index is 0.0212. The number of nitrogens with one attached hydrogen (secondary N) is 2. The Morgan fingerprint density at radius 2 is 2.05 bits per heavy atom. The van der Waals surface area contributed by atoms with Crippen molar-refractivity contribution in [3.05, 3.63) is 62.8 Å². The molecule has 11 heteroatoms. The Morgan fingerprint density at radius 3 is 2.71 bits per heavy atom. The molecule has 1 aliphatic heterocycles. The largest absolute Gasteiger partial charge is 0.496 e. The van der Waals surface area contributed by atoms with Crippen LogP contribution >= 0.6 is 9.24 Å². The van der Waals surface area contributed by atoms with Gasteiger partial charge in [-0.15, -0.1) is 0 Å². The molecule has 0 aromatic carbocycles. The van der Waals surface area contributed by atoms with Crippen molar-refractivity contribution < 1.29 is 18.3 Å². The second-order valence-corrected chi connectivity index (χ2v) is 11.0. The summed E-state index contributed by atoms with van der Waals surface area (Å²) in [6, 6.07) is 5.40. The fourth-order valence-electron chi connectivity index (χ4n) is 5.55. The van der Waals surface area contributed by atoms with Gasteiger partial charge in [-0.05, 0) is 69.5 Å². The maximum Gasteiger partial charge on any atom is 0.260 e. The van der Waals surface area contributed by atoms with Gasteiger partial charge in [0.1, 0.15) is 5.75 Å². The first-order valence-electron chi connectivity index (χ1n) is 12.9. The molecule has 8 nitrogen and oxygen atoms in total. The van der Waals surface area contributed by atoms with Gasteiger partial charge < -0.3 is 19.9 Å². The average Bonchev–Trinajstić information content (AvgIpc) is 3.17. The molecule has 38 heavy (non-hydrogen) atoms. The molecule has 0 bridgehead atoms. The van der Waals surface area contributed by atoms with Crippen LogP contribution < -0.4 is 15.6 Å². The SMILES string of the molecule is COc1cc(C)[nH]c(=O)c1CNC(=O)c1c(C)c([C@@H](C)C2CCN(CCC(F)(F)P)CC2)n2ncccc12. The van der Waals surface area contributed by atoms with E-state index in [0.29, 0.717) is 40.5 Å². The second kappa shape index (κ2) is 11.5. The predicted molar refractivity (Wildman–Crippen MR) is 146 cm³/mol. The Kier molecular flexibility index (Phi) is 8.52. The van der Waals surface area contributed by atoms with Crippen molar-refractivity contribution in [1.29, 1.82) is 0 Å².